The van der Waals surface area contributed by atoms with E-state index in [9.17, 15) is 0 Å². The zero-order valence-corrected chi connectivity index (χ0v) is 19.5. The van der Waals surface area contributed by atoms with Gasteiger partial charge in [-0.1, -0.05) is 81.4 Å². The van der Waals surface area contributed by atoms with E-state index in [1.54, 1.807) is 6.20 Å². The third-order valence-corrected chi connectivity index (χ3v) is 5.64. The summed E-state index contributed by atoms with van der Waals surface area (Å²) in [5.74, 6) is 2.61. The smallest absolute Gasteiger partial charge is 0.219 e. The van der Waals surface area contributed by atoms with Crippen molar-refractivity contribution in [3.63, 3.8) is 0 Å². The van der Waals surface area contributed by atoms with Crippen LogP contribution in [0, 0.1) is 0 Å². The van der Waals surface area contributed by atoms with Gasteiger partial charge in [0.05, 0.1) is 0 Å². The first-order valence-corrected chi connectivity index (χ1v) is 11.3. The Morgan fingerprint density at radius 1 is 0.706 bits per heavy atom. The first-order valence-electron chi connectivity index (χ1n) is 11.3. The quantitative estimate of drug-likeness (QED) is 0.308. The second kappa shape index (κ2) is 8.94. The third kappa shape index (κ3) is 4.74. The number of nitrogens with one attached hydrogen (secondary N) is 1. The molecule has 5 aromatic rings. The summed E-state index contributed by atoms with van der Waals surface area (Å²) in [6, 6.07) is 30.4. The van der Waals surface area contributed by atoms with E-state index < -0.39 is 0 Å². The molecule has 0 atom stereocenters. The summed E-state index contributed by atoms with van der Waals surface area (Å²) >= 11 is 0. The number of benzene rings is 3. The maximum absolute atomic E-state index is 6.05. The lowest BCUT2D eigenvalue weighted by atomic mass is 9.86. The minimum atomic E-state index is -0.0648. The van der Waals surface area contributed by atoms with Gasteiger partial charge in [0.15, 0.2) is 11.6 Å². The topological polar surface area (TPSA) is 63.7 Å². The summed E-state index contributed by atoms with van der Waals surface area (Å²) < 4.78 is 6.05. The van der Waals surface area contributed by atoms with Gasteiger partial charge in [0.2, 0.25) is 5.88 Å². The molecule has 0 aliphatic carbocycles. The fourth-order valence-corrected chi connectivity index (χ4v) is 3.72. The lowest BCUT2D eigenvalue weighted by Crippen LogP contribution is -2.11. The molecule has 0 saturated heterocycles. The summed E-state index contributed by atoms with van der Waals surface area (Å²) in [6.07, 6.45) is 1.72. The zero-order valence-electron chi connectivity index (χ0n) is 19.5. The number of hydrogen-bond donors (Lipinski definition) is 1. The van der Waals surface area contributed by atoms with E-state index >= 15 is 0 Å². The Balaban J connectivity index is 1.46. The lowest BCUT2D eigenvalue weighted by molar-refractivity contribution is 0.460. The number of H-pyrrole nitrogens is 1. The van der Waals surface area contributed by atoms with Crippen molar-refractivity contribution in [2.24, 2.45) is 0 Å². The normalized spacial score (nSPS) is 11.4. The molecule has 0 bridgehead atoms. The van der Waals surface area contributed by atoms with Crippen molar-refractivity contribution in [3.8, 4) is 45.5 Å². The van der Waals surface area contributed by atoms with E-state index in [0.717, 1.165) is 22.5 Å². The molecular weight excluding hydrogens is 420 g/mol. The molecule has 0 amide bonds. The van der Waals surface area contributed by atoms with Gasteiger partial charge in [0.25, 0.3) is 0 Å². The average Bonchev–Trinajstić information content (AvgIpc) is 3.35. The molecule has 168 valence electrons. The Kier molecular flexibility index (Phi) is 5.68. The van der Waals surface area contributed by atoms with Gasteiger partial charge in [-0.05, 0) is 46.4 Å². The first kappa shape index (κ1) is 21.6. The zero-order chi connectivity index (χ0) is 23.5. The van der Waals surface area contributed by atoms with Crippen LogP contribution in [0.1, 0.15) is 26.3 Å². The number of ether oxygens (including phenoxy) is 1. The standard InChI is InChI=1S/C29H26N4O/c1-29(2,3)24-17-23(18-25(19-24)34-26-11-7-8-16-30-26)28-31-27(32-33-28)22-14-12-21(13-15-22)20-9-5-4-6-10-20/h4-19H,1-3H3,(H,31,32,33). The SMILES string of the molecule is CC(C)(C)c1cc(Oc2ccccn2)cc(-c2n[nH]c(-c3ccc(-c4ccccc4)cc3)n2)c1. The van der Waals surface area contributed by atoms with Crippen molar-refractivity contribution < 1.29 is 4.74 Å². The maximum atomic E-state index is 6.05. The molecule has 0 aliphatic rings. The number of rotatable bonds is 5. The molecule has 0 saturated carbocycles. The molecule has 5 nitrogen and oxygen atoms in total. The van der Waals surface area contributed by atoms with Gasteiger partial charge in [-0.3, -0.25) is 5.10 Å². The molecule has 0 unspecified atom stereocenters. The van der Waals surface area contributed by atoms with Crippen LogP contribution < -0.4 is 4.74 Å². The van der Waals surface area contributed by atoms with E-state index in [1.165, 1.54) is 11.1 Å². The molecule has 3 aromatic carbocycles. The Hall–Kier alpha value is -4.25. The molecule has 2 heterocycles. The van der Waals surface area contributed by atoms with Crippen LogP contribution in [0.15, 0.2) is 97.2 Å². The van der Waals surface area contributed by atoms with Gasteiger partial charge in [0, 0.05) is 23.4 Å². The van der Waals surface area contributed by atoms with Gasteiger partial charge in [0.1, 0.15) is 5.75 Å². The van der Waals surface area contributed by atoms with Gasteiger partial charge < -0.3 is 4.74 Å². The highest BCUT2D eigenvalue weighted by atomic mass is 16.5. The Labute approximate surface area is 199 Å². The minimum absolute atomic E-state index is 0.0648. The van der Waals surface area contributed by atoms with Crippen LogP contribution in [-0.4, -0.2) is 20.2 Å². The van der Waals surface area contributed by atoms with Crippen LogP contribution in [0.5, 0.6) is 11.6 Å². The van der Waals surface area contributed by atoms with Gasteiger partial charge in [-0.2, -0.15) is 5.10 Å². The van der Waals surface area contributed by atoms with Crippen molar-refractivity contribution >= 4 is 0 Å². The van der Waals surface area contributed by atoms with Crippen molar-refractivity contribution in [2.45, 2.75) is 26.2 Å². The number of aromatic nitrogens is 4. The summed E-state index contributed by atoms with van der Waals surface area (Å²) in [7, 11) is 0. The van der Waals surface area contributed by atoms with Gasteiger partial charge >= 0.3 is 0 Å². The van der Waals surface area contributed by atoms with E-state index in [4.69, 9.17) is 9.72 Å². The van der Waals surface area contributed by atoms with Crippen LogP contribution in [0.3, 0.4) is 0 Å². The number of hydrogen-bond acceptors (Lipinski definition) is 4. The second-order valence-corrected chi connectivity index (χ2v) is 9.22. The molecule has 0 fully saturated rings. The number of nitrogens with zero attached hydrogens (tertiary/aromatic N) is 3. The third-order valence-electron chi connectivity index (χ3n) is 5.64. The van der Waals surface area contributed by atoms with Crippen molar-refractivity contribution in [2.75, 3.05) is 0 Å². The fourth-order valence-electron chi connectivity index (χ4n) is 3.72. The second-order valence-electron chi connectivity index (χ2n) is 9.22. The summed E-state index contributed by atoms with van der Waals surface area (Å²) in [4.78, 5) is 9.07. The number of pyridine rings is 1. The van der Waals surface area contributed by atoms with E-state index in [0.29, 0.717) is 17.5 Å². The Morgan fingerprint density at radius 3 is 2.12 bits per heavy atom. The van der Waals surface area contributed by atoms with Crippen molar-refractivity contribution in [1.82, 2.24) is 20.2 Å². The van der Waals surface area contributed by atoms with Gasteiger partial charge in [-0.25, -0.2) is 9.97 Å². The fraction of sp³-hybridized carbons (Fsp3) is 0.138. The molecule has 5 heteroatoms. The molecule has 2 aromatic heterocycles. The van der Waals surface area contributed by atoms with Crippen LogP contribution in [0.2, 0.25) is 0 Å². The maximum Gasteiger partial charge on any atom is 0.219 e. The number of aromatic amines is 1. The Bertz CT molecular complexity index is 1390. The molecular formula is C29H26N4O. The molecule has 0 aliphatic heterocycles. The average molecular weight is 447 g/mol. The monoisotopic (exact) mass is 446 g/mol. The van der Waals surface area contributed by atoms with E-state index in [-0.39, 0.29) is 5.41 Å². The van der Waals surface area contributed by atoms with E-state index in [2.05, 4.69) is 78.4 Å². The summed E-state index contributed by atoms with van der Waals surface area (Å²) in [5.41, 5.74) is 5.29. The van der Waals surface area contributed by atoms with E-state index in [1.807, 2.05) is 48.5 Å². The molecule has 5 rings (SSSR count). The van der Waals surface area contributed by atoms with Crippen molar-refractivity contribution in [3.05, 3.63) is 103 Å². The predicted octanol–water partition coefficient (Wildman–Crippen LogP) is 7.29. The highest BCUT2D eigenvalue weighted by Crippen LogP contribution is 2.33. The Morgan fingerprint density at radius 2 is 1.41 bits per heavy atom. The van der Waals surface area contributed by atoms with Crippen LogP contribution in [0.4, 0.5) is 0 Å². The molecule has 1 N–H and O–H groups in total. The molecule has 0 radical (unpaired) electrons. The largest absolute Gasteiger partial charge is 0.439 e. The molecule has 34 heavy (non-hydrogen) atoms. The molecule has 0 spiro atoms. The van der Waals surface area contributed by atoms with Crippen LogP contribution in [-0.2, 0) is 5.41 Å². The summed E-state index contributed by atoms with van der Waals surface area (Å²) in [5, 5.41) is 7.60. The lowest BCUT2D eigenvalue weighted by Gasteiger charge is -2.20. The minimum Gasteiger partial charge on any atom is -0.439 e. The summed E-state index contributed by atoms with van der Waals surface area (Å²) in [6.45, 7) is 6.52. The van der Waals surface area contributed by atoms with Crippen LogP contribution >= 0.6 is 0 Å². The first-order chi connectivity index (χ1) is 16.5. The highest BCUT2D eigenvalue weighted by Gasteiger charge is 2.18. The highest BCUT2D eigenvalue weighted by molar-refractivity contribution is 5.69. The van der Waals surface area contributed by atoms with Crippen LogP contribution in [0.25, 0.3) is 33.9 Å². The van der Waals surface area contributed by atoms with Crippen molar-refractivity contribution in [1.29, 1.82) is 0 Å². The van der Waals surface area contributed by atoms with Gasteiger partial charge in [-0.15, -0.1) is 0 Å². The predicted molar refractivity (Wildman–Crippen MR) is 136 cm³/mol.